The summed E-state index contributed by atoms with van der Waals surface area (Å²) in [6.45, 7) is 15.6. The molecule has 9 nitrogen and oxygen atoms in total. The molecule has 0 saturated carbocycles. The lowest BCUT2D eigenvalue weighted by Gasteiger charge is -2.43. The van der Waals surface area contributed by atoms with Crippen LogP contribution in [0.2, 0.25) is 0 Å². The third-order valence-electron chi connectivity index (χ3n) is 12.9. The summed E-state index contributed by atoms with van der Waals surface area (Å²) in [6, 6.07) is 14.2. The zero-order valence-electron chi connectivity index (χ0n) is 34.6. The number of thiophene rings is 1. The van der Waals surface area contributed by atoms with Crippen LogP contribution in [0.1, 0.15) is 119 Å². The number of phenols is 1. The SMILES string of the molecule is CC[C@H](c1ccc(O)cc1C)c1c(F)cc(C2CCN(CC3(O)CCN(c4ccc(C5=N[C@@H](C)c6nnc(C)n6-c6sc(C)c(C)c65)c(OC)c4)CC3)CC2)cc1F. The van der Waals surface area contributed by atoms with Gasteiger partial charge in [-0.05, 0) is 144 Å². The number of aliphatic imine (C=N–C) groups is 1. The van der Waals surface area contributed by atoms with Gasteiger partial charge >= 0.3 is 0 Å². The Kier molecular flexibility index (Phi) is 11.0. The number of aromatic nitrogens is 3. The van der Waals surface area contributed by atoms with Crippen molar-refractivity contribution in [3.63, 3.8) is 0 Å². The first-order valence-corrected chi connectivity index (χ1v) is 21.4. The molecule has 2 aromatic heterocycles. The van der Waals surface area contributed by atoms with E-state index in [-0.39, 0.29) is 23.3 Å². The average molecular weight is 809 g/mol. The summed E-state index contributed by atoms with van der Waals surface area (Å²) in [7, 11) is 1.71. The van der Waals surface area contributed by atoms with E-state index in [2.05, 4.69) is 63.5 Å². The molecule has 0 aliphatic carbocycles. The number of piperidine rings is 2. The molecule has 58 heavy (non-hydrogen) atoms. The summed E-state index contributed by atoms with van der Waals surface area (Å²) in [5.41, 5.74) is 6.77. The van der Waals surface area contributed by atoms with Crippen molar-refractivity contribution in [2.24, 2.45) is 4.99 Å². The van der Waals surface area contributed by atoms with Crippen LogP contribution in [0.5, 0.6) is 11.5 Å². The average Bonchev–Trinajstić information content (AvgIpc) is 3.69. The lowest BCUT2D eigenvalue weighted by Crippen LogP contribution is -2.52. The van der Waals surface area contributed by atoms with Gasteiger partial charge in [-0.25, -0.2) is 8.78 Å². The topological polar surface area (TPSA) is 99.2 Å². The predicted octanol–water partition coefficient (Wildman–Crippen LogP) is 9.22. The highest BCUT2D eigenvalue weighted by molar-refractivity contribution is 7.15. The van der Waals surface area contributed by atoms with E-state index in [0.717, 1.165) is 82.0 Å². The second-order valence-corrected chi connectivity index (χ2v) is 17.8. The number of aliphatic hydroxyl groups is 1. The lowest BCUT2D eigenvalue weighted by atomic mass is 9.83. The molecule has 2 atom stereocenters. The van der Waals surface area contributed by atoms with Gasteiger partial charge in [0.25, 0.3) is 0 Å². The minimum atomic E-state index is -0.817. The Labute approximate surface area is 344 Å². The highest BCUT2D eigenvalue weighted by Crippen LogP contribution is 2.42. The van der Waals surface area contributed by atoms with E-state index >= 15 is 8.78 Å². The third kappa shape index (κ3) is 7.32. The summed E-state index contributed by atoms with van der Waals surface area (Å²) < 4.78 is 39.6. The standard InChI is InChI=1S/C46H54F2N6O3S/c1-8-35(36-12-10-34(55)21-26(36)2)42-38(47)22-32(23-39(42)48)31-13-17-52(18-14-31)25-46(56)15-19-53(20-16-46)33-9-11-37(40(24-33)57-7)43-41-27(3)29(5)58-45(41)54-30(6)50-51-44(54)28(4)49-43/h9-12,21-24,28,31,35,55-56H,8,13-20,25H2,1-7H3/t28-,35+/m0/s1. The number of nitrogens with zero attached hydrogens (tertiary/aromatic N) is 6. The van der Waals surface area contributed by atoms with Gasteiger partial charge in [-0.15, -0.1) is 21.5 Å². The first-order chi connectivity index (χ1) is 27.8. The van der Waals surface area contributed by atoms with Crippen molar-refractivity contribution in [2.45, 2.75) is 97.1 Å². The van der Waals surface area contributed by atoms with Gasteiger partial charge < -0.3 is 24.7 Å². The van der Waals surface area contributed by atoms with Crippen LogP contribution in [0, 0.1) is 39.3 Å². The van der Waals surface area contributed by atoms with Gasteiger partial charge in [-0.2, -0.15) is 0 Å². The van der Waals surface area contributed by atoms with Crippen molar-refractivity contribution in [2.75, 3.05) is 44.7 Å². The number of rotatable bonds is 9. The van der Waals surface area contributed by atoms with Crippen LogP contribution in [0.15, 0.2) is 53.5 Å². The molecule has 0 bridgehead atoms. The number of fused-ring (bicyclic) bond motifs is 3. The van der Waals surface area contributed by atoms with E-state index in [0.29, 0.717) is 44.5 Å². The number of likely N-dealkylation sites (tertiary alicyclic amines) is 1. The minimum Gasteiger partial charge on any atom is -0.508 e. The molecule has 0 amide bonds. The van der Waals surface area contributed by atoms with Crippen LogP contribution in [0.25, 0.3) is 5.00 Å². The molecule has 5 aromatic rings. The van der Waals surface area contributed by atoms with Crippen LogP contribution >= 0.6 is 11.3 Å². The fraction of sp³-hybridized carbons (Fsp3) is 0.457. The Bertz CT molecular complexity index is 2350. The molecule has 8 rings (SSSR count). The van der Waals surface area contributed by atoms with Gasteiger partial charge in [0.2, 0.25) is 0 Å². The molecule has 5 heterocycles. The van der Waals surface area contributed by atoms with Crippen LogP contribution in [-0.2, 0) is 0 Å². The zero-order valence-corrected chi connectivity index (χ0v) is 35.4. The molecule has 12 heteroatoms. The largest absolute Gasteiger partial charge is 0.508 e. The highest BCUT2D eigenvalue weighted by Gasteiger charge is 2.37. The molecule has 2 fully saturated rings. The van der Waals surface area contributed by atoms with Crippen molar-refractivity contribution < 1.29 is 23.7 Å². The van der Waals surface area contributed by atoms with E-state index in [9.17, 15) is 10.2 Å². The van der Waals surface area contributed by atoms with Crippen molar-refractivity contribution in [1.82, 2.24) is 19.7 Å². The van der Waals surface area contributed by atoms with Gasteiger partial charge in [0, 0.05) is 58.9 Å². The number of benzene rings is 3. The third-order valence-corrected chi connectivity index (χ3v) is 14.1. The maximum absolute atomic E-state index is 15.7. The minimum absolute atomic E-state index is 0.0505. The number of halogens is 2. The quantitative estimate of drug-likeness (QED) is 0.153. The molecular formula is C46H54F2N6O3S. The molecule has 0 radical (unpaired) electrons. The number of hydrogen-bond acceptors (Lipinski definition) is 9. The molecule has 3 aromatic carbocycles. The first-order valence-electron chi connectivity index (χ1n) is 20.6. The molecular weight excluding hydrogens is 755 g/mol. The Balaban J connectivity index is 0.911. The molecule has 3 aliphatic rings. The van der Waals surface area contributed by atoms with Crippen molar-refractivity contribution in [3.05, 3.63) is 116 Å². The van der Waals surface area contributed by atoms with Crippen molar-refractivity contribution in [1.29, 1.82) is 0 Å². The number of hydrogen-bond donors (Lipinski definition) is 2. The first kappa shape index (κ1) is 40.1. The number of aromatic hydroxyl groups is 1. The van der Waals surface area contributed by atoms with Crippen LogP contribution < -0.4 is 9.64 Å². The summed E-state index contributed by atoms with van der Waals surface area (Å²) >= 11 is 1.74. The van der Waals surface area contributed by atoms with Crippen LogP contribution in [0.4, 0.5) is 14.5 Å². The molecule has 2 N–H and O–H groups in total. The second-order valence-electron chi connectivity index (χ2n) is 16.6. The second kappa shape index (κ2) is 15.8. The van der Waals surface area contributed by atoms with Gasteiger partial charge in [-0.1, -0.05) is 13.0 Å². The number of phenolic OH excluding ortho intramolecular Hbond substituents is 1. The number of β-amino-alcohol motifs (C(OH)–C–C–N with tert-alkyl or cyclic N) is 1. The summed E-state index contributed by atoms with van der Waals surface area (Å²) in [6.07, 6.45) is 3.35. The fourth-order valence-corrected chi connectivity index (χ4v) is 10.7. The lowest BCUT2D eigenvalue weighted by molar-refractivity contribution is -0.0213. The van der Waals surface area contributed by atoms with E-state index in [4.69, 9.17) is 9.73 Å². The van der Waals surface area contributed by atoms with Crippen molar-refractivity contribution in [3.8, 4) is 16.5 Å². The Morgan fingerprint density at radius 2 is 1.66 bits per heavy atom. The Morgan fingerprint density at radius 3 is 2.31 bits per heavy atom. The zero-order chi connectivity index (χ0) is 41.0. The monoisotopic (exact) mass is 808 g/mol. The van der Waals surface area contributed by atoms with E-state index in [1.54, 1.807) is 36.6 Å². The number of methoxy groups -OCH3 is 1. The highest BCUT2D eigenvalue weighted by atomic mass is 32.1. The fourth-order valence-electron chi connectivity index (χ4n) is 9.52. The number of ether oxygens (including phenoxy) is 1. The number of aryl methyl sites for hydroxylation is 3. The van der Waals surface area contributed by atoms with E-state index in [1.807, 2.05) is 20.8 Å². The predicted molar refractivity (Wildman–Crippen MR) is 227 cm³/mol. The smallest absolute Gasteiger partial charge is 0.162 e. The molecule has 306 valence electrons. The summed E-state index contributed by atoms with van der Waals surface area (Å²) in [4.78, 5) is 11.1. The van der Waals surface area contributed by atoms with E-state index < -0.39 is 23.2 Å². The van der Waals surface area contributed by atoms with Crippen molar-refractivity contribution >= 4 is 22.7 Å². The number of anilines is 1. The summed E-state index contributed by atoms with van der Waals surface area (Å²) in [5.74, 6) is 1.15. The molecule has 2 saturated heterocycles. The molecule has 3 aliphatic heterocycles. The van der Waals surface area contributed by atoms with Gasteiger partial charge in [-0.3, -0.25) is 9.56 Å². The van der Waals surface area contributed by atoms with E-state index in [1.165, 1.54) is 22.6 Å². The maximum atomic E-state index is 15.7. The van der Waals surface area contributed by atoms with Crippen LogP contribution in [-0.4, -0.2) is 81.0 Å². The summed E-state index contributed by atoms with van der Waals surface area (Å²) in [5, 5.41) is 31.6. The van der Waals surface area contributed by atoms with Gasteiger partial charge in [0.05, 0.1) is 18.4 Å². The maximum Gasteiger partial charge on any atom is 0.162 e. The Morgan fingerprint density at radius 1 is 0.948 bits per heavy atom. The van der Waals surface area contributed by atoms with Gasteiger partial charge in [0.1, 0.15) is 40.0 Å². The Hall–Kier alpha value is -4.65. The van der Waals surface area contributed by atoms with Crippen LogP contribution in [0.3, 0.4) is 0 Å². The molecule has 0 unspecified atom stereocenters. The van der Waals surface area contributed by atoms with Gasteiger partial charge in [0.15, 0.2) is 5.82 Å². The normalized spacial score (nSPS) is 19.0. The molecule has 0 spiro atoms.